The number of rotatable bonds is 3. The van der Waals surface area contributed by atoms with E-state index >= 15 is 0 Å². The molecule has 1 amide bonds. The van der Waals surface area contributed by atoms with Crippen LogP contribution in [0.1, 0.15) is 36.0 Å². The standard InChI is InChI=1S/C13H17NO4/c15-11-4-1-9(2-5-11)7-14-13(17)10-3-6-12(16)18-8-10/h3,6,8-9,11,15H,1-2,4-5,7H2,(H,14,17). The smallest absolute Gasteiger partial charge is 0.335 e. The molecule has 0 spiro atoms. The van der Waals surface area contributed by atoms with E-state index in [0.717, 1.165) is 25.7 Å². The van der Waals surface area contributed by atoms with Gasteiger partial charge in [0, 0.05) is 12.6 Å². The van der Waals surface area contributed by atoms with Gasteiger partial charge in [-0.3, -0.25) is 4.79 Å². The lowest BCUT2D eigenvalue weighted by molar-refractivity contribution is 0.0908. The molecule has 98 valence electrons. The predicted molar refractivity (Wildman–Crippen MR) is 65.3 cm³/mol. The lowest BCUT2D eigenvalue weighted by Gasteiger charge is -2.25. The number of hydrogen-bond donors (Lipinski definition) is 2. The summed E-state index contributed by atoms with van der Waals surface area (Å²) in [6.45, 7) is 0.602. The topological polar surface area (TPSA) is 79.5 Å². The van der Waals surface area contributed by atoms with Gasteiger partial charge in [0.05, 0.1) is 11.7 Å². The second-order valence-electron chi connectivity index (χ2n) is 4.73. The molecule has 1 saturated carbocycles. The Labute approximate surface area is 105 Å². The molecular formula is C13H17NO4. The number of nitrogens with one attached hydrogen (secondary N) is 1. The number of aliphatic hydroxyl groups is 1. The molecular weight excluding hydrogens is 234 g/mol. The Morgan fingerprint density at radius 1 is 1.33 bits per heavy atom. The van der Waals surface area contributed by atoms with Crippen LogP contribution in [0.5, 0.6) is 0 Å². The van der Waals surface area contributed by atoms with E-state index < -0.39 is 5.63 Å². The van der Waals surface area contributed by atoms with E-state index in [-0.39, 0.29) is 12.0 Å². The highest BCUT2D eigenvalue weighted by molar-refractivity contribution is 5.93. The van der Waals surface area contributed by atoms with E-state index in [0.29, 0.717) is 18.0 Å². The van der Waals surface area contributed by atoms with Crippen molar-refractivity contribution in [3.63, 3.8) is 0 Å². The first kappa shape index (κ1) is 12.8. The predicted octanol–water partition coefficient (Wildman–Crippen LogP) is 0.921. The highest BCUT2D eigenvalue weighted by atomic mass is 16.4. The van der Waals surface area contributed by atoms with E-state index in [4.69, 9.17) is 0 Å². The number of amides is 1. The van der Waals surface area contributed by atoms with Crippen molar-refractivity contribution in [2.45, 2.75) is 31.8 Å². The van der Waals surface area contributed by atoms with E-state index in [2.05, 4.69) is 9.73 Å². The second kappa shape index (κ2) is 5.82. The lowest BCUT2D eigenvalue weighted by atomic mass is 9.87. The van der Waals surface area contributed by atoms with Crippen LogP contribution in [0, 0.1) is 5.92 Å². The van der Waals surface area contributed by atoms with Gasteiger partial charge in [-0.1, -0.05) is 0 Å². The van der Waals surface area contributed by atoms with Gasteiger partial charge in [0.15, 0.2) is 0 Å². The first-order valence-corrected chi connectivity index (χ1v) is 6.20. The summed E-state index contributed by atoms with van der Waals surface area (Å²) in [5.41, 5.74) is -0.113. The van der Waals surface area contributed by atoms with Crippen molar-refractivity contribution in [3.8, 4) is 0 Å². The third-order valence-corrected chi connectivity index (χ3v) is 3.33. The van der Waals surface area contributed by atoms with Gasteiger partial charge < -0.3 is 14.8 Å². The molecule has 2 rings (SSSR count). The summed E-state index contributed by atoms with van der Waals surface area (Å²) in [6, 6.07) is 2.68. The Morgan fingerprint density at radius 3 is 2.67 bits per heavy atom. The minimum absolute atomic E-state index is 0.180. The molecule has 0 bridgehead atoms. The Bertz CT molecular complexity index is 440. The minimum atomic E-state index is -0.465. The van der Waals surface area contributed by atoms with Crippen molar-refractivity contribution < 1.29 is 14.3 Å². The summed E-state index contributed by atoms with van der Waals surface area (Å²) in [6.07, 6.45) is 4.47. The minimum Gasteiger partial charge on any atom is -0.430 e. The molecule has 5 heteroatoms. The van der Waals surface area contributed by atoms with Crippen LogP contribution in [0.4, 0.5) is 0 Å². The van der Waals surface area contributed by atoms with Gasteiger partial charge in [-0.25, -0.2) is 4.79 Å². The molecule has 0 atom stereocenters. The Balaban J connectivity index is 1.81. The average Bonchev–Trinajstić information content (AvgIpc) is 2.38. The quantitative estimate of drug-likeness (QED) is 0.837. The van der Waals surface area contributed by atoms with Gasteiger partial charge in [0.1, 0.15) is 6.26 Å². The van der Waals surface area contributed by atoms with Crippen LogP contribution in [-0.2, 0) is 0 Å². The van der Waals surface area contributed by atoms with Crippen LogP contribution in [-0.4, -0.2) is 23.7 Å². The molecule has 1 heterocycles. The lowest BCUT2D eigenvalue weighted by Crippen LogP contribution is -2.32. The fourth-order valence-corrected chi connectivity index (χ4v) is 2.18. The maximum atomic E-state index is 11.7. The van der Waals surface area contributed by atoms with Gasteiger partial charge in [-0.2, -0.15) is 0 Å². The normalized spacial score (nSPS) is 23.6. The molecule has 1 aliphatic carbocycles. The first-order valence-electron chi connectivity index (χ1n) is 6.20. The molecule has 0 aliphatic heterocycles. The van der Waals surface area contributed by atoms with Crippen LogP contribution in [0.2, 0.25) is 0 Å². The molecule has 1 aromatic rings. The first-order chi connectivity index (χ1) is 8.65. The van der Waals surface area contributed by atoms with Gasteiger partial charge in [0.25, 0.3) is 5.91 Å². The molecule has 1 aromatic heterocycles. The van der Waals surface area contributed by atoms with Crippen LogP contribution < -0.4 is 10.9 Å². The van der Waals surface area contributed by atoms with E-state index in [1.54, 1.807) is 0 Å². The van der Waals surface area contributed by atoms with Gasteiger partial charge in [0.2, 0.25) is 0 Å². The molecule has 1 aliphatic rings. The van der Waals surface area contributed by atoms with Crippen molar-refractivity contribution >= 4 is 5.91 Å². The largest absolute Gasteiger partial charge is 0.430 e. The zero-order chi connectivity index (χ0) is 13.0. The average molecular weight is 251 g/mol. The van der Waals surface area contributed by atoms with Crippen molar-refractivity contribution in [1.82, 2.24) is 5.32 Å². The van der Waals surface area contributed by atoms with Crippen molar-refractivity contribution in [2.24, 2.45) is 5.92 Å². The van der Waals surface area contributed by atoms with E-state index in [1.165, 1.54) is 18.4 Å². The molecule has 18 heavy (non-hydrogen) atoms. The second-order valence-corrected chi connectivity index (χ2v) is 4.73. The van der Waals surface area contributed by atoms with E-state index in [1.807, 2.05) is 0 Å². The molecule has 0 aromatic carbocycles. The van der Waals surface area contributed by atoms with E-state index in [9.17, 15) is 14.7 Å². The third kappa shape index (κ3) is 3.43. The summed E-state index contributed by atoms with van der Waals surface area (Å²) < 4.78 is 4.64. The number of hydrogen-bond acceptors (Lipinski definition) is 4. The summed E-state index contributed by atoms with van der Waals surface area (Å²) in [5.74, 6) is 0.193. The molecule has 5 nitrogen and oxygen atoms in total. The summed E-state index contributed by atoms with van der Waals surface area (Å²) in [4.78, 5) is 22.5. The maximum absolute atomic E-state index is 11.7. The fraction of sp³-hybridized carbons (Fsp3) is 0.538. The van der Waals surface area contributed by atoms with Crippen molar-refractivity contribution in [1.29, 1.82) is 0 Å². The molecule has 2 N–H and O–H groups in total. The summed E-state index contributed by atoms with van der Waals surface area (Å²) in [5, 5.41) is 12.2. The molecule has 1 fully saturated rings. The highest BCUT2D eigenvalue weighted by Gasteiger charge is 2.19. The van der Waals surface area contributed by atoms with Gasteiger partial charge in [-0.15, -0.1) is 0 Å². The highest BCUT2D eigenvalue weighted by Crippen LogP contribution is 2.23. The number of carbonyl (C=O) groups excluding carboxylic acids is 1. The zero-order valence-electron chi connectivity index (χ0n) is 10.1. The van der Waals surface area contributed by atoms with Crippen LogP contribution in [0.15, 0.2) is 27.6 Å². The Morgan fingerprint density at radius 2 is 2.06 bits per heavy atom. The zero-order valence-corrected chi connectivity index (χ0v) is 10.1. The van der Waals surface area contributed by atoms with Crippen molar-refractivity contribution in [2.75, 3.05) is 6.54 Å². The molecule has 0 unspecified atom stereocenters. The Hall–Kier alpha value is -1.62. The van der Waals surface area contributed by atoms with Crippen molar-refractivity contribution in [3.05, 3.63) is 34.4 Å². The SMILES string of the molecule is O=C(NCC1CCC(O)CC1)c1ccc(=O)oc1. The summed E-state index contributed by atoms with van der Waals surface area (Å²) >= 11 is 0. The monoisotopic (exact) mass is 251 g/mol. The third-order valence-electron chi connectivity index (χ3n) is 3.33. The Kier molecular flexibility index (Phi) is 4.15. The molecule has 0 saturated heterocycles. The van der Waals surface area contributed by atoms with Gasteiger partial charge >= 0.3 is 5.63 Å². The fourth-order valence-electron chi connectivity index (χ4n) is 2.18. The van der Waals surface area contributed by atoms with Crippen LogP contribution in [0.3, 0.4) is 0 Å². The number of carbonyl (C=O) groups is 1. The number of aliphatic hydroxyl groups excluding tert-OH is 1. The molecule has 0 radical (unpaired) electrons. The van der Waals surface area contributed by atoms with Gasteiger partial charge in [-0.05, 0) is 37.7 Å². The summed E-state index contributed by atoms with van der Waals surface area (Å²) in [7, 11) is 0. The van der Waals surface area contributed by atoms with Crippen LogP contribution >= 0.6 is 0 Å². The van der Waals surface area contributed by atoms with Crippen LogP contribution in [0.25, 0.3) is 0 Å². The maximum Gasteiger partial charge on any atom is 0.335 e.